The minimum Gasteiger partial charge on any atom is -0.482 e. The predicted octanol–water partition coefficient (Wildman–Crippen LogP) is 1.53. The molecular formula is C14H22N2O3. The number of anilines is 1. The third-order valence-corrected chi connectivity index (χ3v) is 2.87. The van der Waals surface area contributed by atoms with Gasteiger partial charge in [-0.05, 0) is 26.0 Å². The number of ether oxygens (including phenoxy) is 2. The van der Waals surface area contributed by atoms with E-state index in [0.29, 0.717) is 24.6 Å². The van der Waals surface area contributed by atoms with Crippen molar-refractivity contribution in [2.75, 3.05) is 32.6 Å². The van der Waals surface area contributed by atoms with Crippen LogP contribution in [0.4, 0.5) is 5.69 Å². The topological polar surface area (TPSA) is 64.8 Å². The number of amides is 1. The van der Waals surface area contributed by atoms with E-state index in [9.17, 15) is 4.79 Å². The third-order valence-electron chi connectivity index (χ3n) is 2.87. The highest BCUT2D eigenvalue weighted by Crippen LogP contribution is 2.19. The largest absolute Gasteiger partial charge is 0.482 e. The van der Waals surface area contributed by atoms with E-state index in [1.807, 2.05) is 26.0 Å². The van der Waals surface area contributed by atoms with E-state index in [-0.39, 0.29) is 18.6 Å². The van der Waals surface area contributed by atoms with Crippen LogP contribution >= 0.6 is 0 Å². The summed E-state index contributed by atoms with van der Waals surface area (Å²) in [6.07, 6.45) is 0. The monoisotopic (exact) mass is 266 g/mol. The van der Waals surface area contributed by atoms with Crippen LogP contribution in [-0.2, 0) is 9.53 Å². The Kier molecular flexibility index (Phi) is 6.15. The first-order valence-corrected chi connectivity index (χ1v) is 6.35. The van der Waals surface area contributed by atoms with E-state index >= 15 is 0 Å². The maximum absolute atomic E-state index is 12.1. The van der Waals surface area contributed by atoms with Gasteiger partial charge in [0.2, 0.25) is 0 Å². The molecule has 0 bridgehead atoms. The molecule has 0 spiro atoms. The number of benzene rings is 1. The molecule has 2 N–H and O–H groups in total. The van der Waals surface area contributed by atoms with Crippen molar-refractivity contribution in [2.24, 2.45) is 0 Å². The first-order chi connectivity index (χ1) is 9.10. The molecule has 1 amide bonds. The van der Waals surface area contributed by atoms with E-state index in [1.165, 1.54) is 0 Å². The van der Waals surface area contributed by atoms with Crippen molar-refractivity contribution in [3.8, 4) is 5.75 Å². The van der Waals surface area contributed by atoms with E-state index < -0.39 is 0 Å². The number of hydrogen-bond acceptors (Lipinski definition) is 4. The number of carbonyl (C=O) groups is 1. The summed E-state index contributed by atoms with van der Waals surface area (Å²) in [5, 5.41) is 0. The average Bonchev–Trinajstić information content (AvgIpc) is 2.39. The molecular weight excluding hydrogens is 244 g/mol. The van der Waals surface area contributed by atoms with Crippen molar-refractivity contribution < 1.29 is 14.3 Å². The number of hydrogen-bond donors (Lipinski definition) is 1. The summed E-state index contributed by atoms with van der Waals surface area (Å²) < 4.78 is 10.5. The number of nitrogen functional groups attached to an aromatic ring is 1. The fourth-order valence-corrected chi connectivity index (χ4v) is 1.90. The van der Waals surface area contributed by atoms with Gasteiger partial charge in [0, 0.05) is 13.7 Å². The van der Waals surface area contributed by atoms with E-state index in [2.05, 4.69) is 0 Å². The molecule has 0 radical (unpaired) electrons. The van der Waals surface area contributed by atoms with Gasteiger partial charge in [-0.25, -0.2) is 0 Å². The lowest BCUT2D eigenvalue weighted by molar-refractivity contribution is -0.136. The van der Waals surface area contributed by atoms with Gasteiger partial charge in [-0.1, -0.05) is 12.1 Å². The van der Waals surface area contributed by atoms with Crippen LogP contribution in [-0.4, -0.2) is 43.7 Å². The van der Waals surface area contributed by atoms with Crippen LogP contribution in [0, 0.1) is 0 Å². The first-order valence-electron chi connectivity index (χ1n) is 6.35. The first kappa shape index (κ1) is 15.3. The van der Waals surface area contributed by atoms with Gasteiger partial charge in [0.25, 0.3) is 5.91 Å². The molecule has 0 saturated heterocycles. The minimum absolute atomic E-state index is 0.0178. The number of likely N-dealkylation sites (N-methyl/N-ethyl adjacent to an activating group) is 1. The molecule has 5 nitrogen and oxygen atoms in total. The van der Waals surface area contributed by atoms with Crippen molar-refractivity contribution in [2.45, 2.75) is 19.9 Å². The van der Waals surface area contributed by atoms with Crippen molar-refractivity contribution >= 4 is 11.6 Å². The molecule has 0 aliphatic heterocycles. The summed E-state index contributed by atoms with van der Waals surface area (Å²) >= 11 is 0. The Balaban J connectivity index is 2.56. The van der Waals surface area contributed by atoms with E-state index in [0.717, 1.165) is 0 Å². The molecule has 1 atom stereocenters. The van der Waals surface area contributed by atoms with Gasteiger partial charge < -0.3 is 20.1 Å². The lowest BCUT2D eigenvalue weighted by Gasteiger charge is -2.27. The quantitative estimate of drug-likeness (QED) is 0.760. The van der Waals surface area contributed by atoms with Gasteiger partial charge in [-0.3, -0.25) is 4.79 Å². The van der Waals surface area contributed by atoms with Crippen molar-refractivity contribution in [3.05, 3.63) is 24.3 Å². The second-order valence-corrected chi connectivity index (χ2v) is 4.31. The fourth-order valence-electron chi connectivity index (χ4n) is 1.90. The molecule has 0 aliphatic carbocycles. The molecule has 0 saturated carbocycles. The fraction of sp³-hybridized carbons (Fsp3) is 0.500. The Morgan fingerprint density at radius 3 is 2.68 bits per heavy atom. The zero-order valence-corrected chi connectivity index (χ0v) is 11.8. The van der Waals surface area contributed by atoms with Crippen LogP contribution in [0.3, 0.4) is 0 Å². The zero-order chi connectivity index (χ0) is 14.3. The Labute approximate surface area is 114 Å². The van der Waals surface area contributed by atoms with Gasteiger partial charge >= 0.3 is 0 Å². The molecule has 0 aliphatic rings. The lowest BCUT2D eigenvalue weighted by atomic mass is 10.3. The van der Waals surface area contributed by atoms with Crippen molar-refractivity contribution in [1.82, 2.24) is 4.90 Å². The second-order valence-electron chi connectivity index (χ2n) is 4.31. The number of methoxy groups -OCH3 is 1. The molecule has 1 unspecified atom stereocenters. The summed E-state index contributed by atoms with van der Waals surface area (Å²) in [6.45, 7) is 4.99. The van der Waals surface area contributed by atoms with Crippen LogP contribution in [0.5, 0.6) is 5.75 Å². The third kappa shape index (κ3) is 4.44. The molecule has 1 aromatic rings. The number of carbonyl (C=O) groups excluding carboxylic acids is 1. The Morgan fingerprint density at radius 1 is 1.42 bits per heavy atom. The van der Waals surface area contributed by atoms with Gasteiger partial charge in [0.1, 0.15) is 5.75 Å². The van der Waals surface area contributed by atoms with Crippen LogP contribution in [0.25, 0.3) is 0 Å². The average molecular weight is 266 g/mol. The lowest BCUT2D eigenvalue weighted by Crippen LogP contribution is -2.43. The van der Waals surface area contributed by atoms with Crippen molar-refractivity contribution in [1.29, 1.82) is 0 Å². The molecule has 0 aromatic heterocycles. The smallest absolute Gasteiger partial charge is 0.260 e. The predicted molar refractivity (Wildman–Crippen MR) is 75.1 cm³/mol. The molecule has 106 valence electrons. The number of nitrogens with zero attached hydrogens (tertiary/aromatic N) is 1. The standard InChI is InChI=1S/C14H22N2O3/c1-4-16(11(2)9-18-3)14(17)10-19-13-8-6-5-7-12(13)15/h5-8,11H,4,9-10,15H2,1-3H3. The molecule has 1 aromatic carbocycles. The Hall–Kier alpha value is -1.75. The molecule has 1 rings (SSSR count). The number of para-hydroxylation sites is 2. The molecule has 0 fully saturated rings. The highest BCUT2D eigenvalue weighted by Gasteiger charge is 2.18. The highest BCUT2D eigenvalue weighted by atomic mass is 16.5. The highest BCUT2D eigenvalue weighted by molar-refractivity contribution is 5.78. The number of rotatable bonds is 7. The van der Waals surface area contributed by atoms with E-state index in [1.54, 1.807) is 24.1 Å². The number of nitrogens with two attached hydrogens (primary N) is 1. The van der Waals surface area contributed by atoms with Gasteiger partial charge in [-0.15, -0.1) is 0 Å². The Bertz CT molecular complexity index is 409. The summed E-state index contributed by atoms with van der Waals surface area (Å²) in [5.41, 5.74) is 6.28. The maximum atomic E-state index is 12.1. The summed E-state index contributed by atoms with van der Waals surface area (Å²) in [5.74, 6) is 0.460. The van der Waals surface area contributed by atoms with Gasteiger partial charge in [0.05, 0.1) is 18.3 Å². The van der Waals surface area contributed by atoms with Crippen LogP contribution in [0.15, 0.2) is 24.3 Å². The summed E-state index contributed by atoms with van der Waals surface area (Å²) in [6, 6.07) is 7.16. The molecule has 0 heterocycles. The van der Waals surface area contributed by atoms with Crippen molar-refractivity contribution in [3.63, 3.8) is 0 Å². The zero-order valence-electron chi connectivity index (χ0n) is 11.8. The molecule has 19 heavy (non-hydrogen) atoms. The van der Waals surface area contributed by atoms with Crippen LogP contribution in [0.1, 0.15) is 13.8 Å². The van der Waals surface area contributed by atoms with Crippen LogP contribution < -0.4 is 10.5 Å². The van der Waals surface area contributed by atoms with Crippen LogP contribution in [0.2, 0.25) is 0 Å². The minimum atomic E-state index is -0.0738. The van der Waals surface area contributed by atoms with Gasteiger partial charge in [-0.2, -0.15) is 0 Å². The maximum Gasteiger partial charge on any atom is 0.260 e. The SMILES string of the molecule is CCN(C(=O)COc1ccccc1N)C(C)COC. The van der Waals surface area contributed by atoms with Gasteiger partial charge in [0.15, 0.2) is 6.61 Å². The van der Waals surface area contributed by atoms with E-state index in [4.69, 9.17) is 15.2 Å². The summed E-state index contributed by atoms with van der Waals surface area (Å²) in [7, 11) is 1.62. The normalized spacial score (nSPS) is 11.9. The Morgan fingerprint density at radius 2 is 2.11 bits per heavy atom. The summed E-state index contributed by atoms with van der Waals surface area (Å²) in [4.78, 5) is 13.8. The molecule has 5 heteroatoms. The second kappa shape index (κ2) is 7.63.